The van der Waals surface area contributed by atoms with E-state index < -0.39 is 8.38 Å². The van der Waals surface area contributed by atoms with Gasteiger partial charge in [0.05, 0.1) is 11.2 Å². The Balaban J connectivity index is 1.91. The van der Waals surface area contributed by atoms with Crippen molar-refractivity contribution in [1.82, 2.24) is 0 Å². The van der Waals surface area contributed by atoms with Crippen molar-refractivity contribution in [3.05, 3.63) is 35.9 Å². The Morgan fingerprint density at radius 1 is 0.941 bits per heavy atom. The van der Waals surface area contributed by atoms with Gasteiger partial charge in [0.15, 0.2) is 8.38 Å². The molecule has 0 aromatic heterocycles. The van der Waals surface area contributed by atoms with Gasteiger partial charge < -0.3 is 9.05 Å². The maximum atomic E-state index is 6.03. The second-order valence-corrected chi connectivity index (χ2v) is 6.97. The summed E-state index contributed by atoms with van der Waals surface area (Å²) in [6, 6.07) is 10.5. The first-order valence-corrected chi connectivity index (χ1v) is 7.47. The second kappa shape index (κ2) is 4.68. The molecule has 17 heavy (non-hydrogen) atoms. The van der Waals surface area contributed by atoms with Crippen LogP contribution in [-0.4, -0.2) is 17.4 Å². The Morgan fingerprint density at radius 3 is 2.00 bits per heavy atom. The van der Waals surface area contributed by atoms with Crippen LogP contribution >= 0.6 is 8.38 Å². The highest BCUT2D eigenvalue weighted by Gasteiger charge is 2.49. The summed E-state index contributed by atoms with van der Waals surface area (Å²) in [6.07, 6.45) is 2.00. The quantitative estimate of drug-likeness (QED) is 0.752. The zero-order chi connectivity index (χ0) is 12.5. The zero-order valence-electron chi connectivity index (χ0n) is 11.1. The first-order chi connectivity index (χ1) is 7.91. The van der Waals surface area contributed by atoms with Gasteiger partial charge in [0, 0.05) is 6.16 Å². The lowest BCUT2D eigenvalue weighted by molar-refractivity contribution is 0.00578. The van der Waals surface area contributed by atoms with E-state index in [-0.39, 0.29) is 11.2 Å². The number of hydrogen-bond donors (Lipinski definition) is 0. The molecule has 1 saturated heterocycles. The van der Waals surface area contributed by atoms with Crippen LogP contribution in [0.4, 0.5) is 0 Å². The van der Waals surface area contributed by atoms with Gasteiger partial charge in [-0.25, -0.2) is 0 Å². The molecule has 1 aliphatic heterocycles. The molecular formula is C14H21O2P. The van der Waals surface area contributed by atoms with Crippen molar-refractivity contribution in [2.75, 3.05) is 6.16 Å². The highest BCUT2D eigenvalue weighted by atomic mass is 31.2. The predicted molar refractivity (Wildman–Crippen MR) is 72.3 cm³/mol. The van der Waals surface area contributed by atoms with Crippen LogP contribution < -0.4 is 0 Å². The van der Waals surface area contributed by atoms with Gasteiger partial charge in [-0.15, -0.1) is 0 Å². The molecule has 94 valence electrons. The fraction of sp³-hybridized carbons (Fsp3) is 0.571. The average Bonchev–Trinajstić information content (AvgIpc) is 2.46. The standard InChI is InChI=1S/C14H21O2P/c1-13(2)14(3,4)16-17(15-13)11-10-12-8-6-5-7-9-12/h5-9H,10-11H2,1-4H3. The summed E-state index contributed by atoms with van der Waals surface area (Å²) in [5.41, 5.74) is 0.981. The van der Waals surface area contributed by atoms with Crippen LogP contribution in [0.1, 0.15) is 33.3 Å². The summed E-state index contributed by atoms with van der Waals surface area (Å²) >= 11 is 0. The minimum atomic E-state index is -0.745. The van der Waals surface area contributed by atoms with Gasteiger partial charge >= 0.3 is 0 Å². The lowest BCUT2D eigenvalue weighted by Gasteiger charge is -2.29. The van der Waals surface area contributed by atoms with Crippen molar-refractivity contribution >= 4 is 8.38 Å². The van der Waals surface area contributed by atoms with Crippen molar-refractivity contribution in [3.63, 3.8) is 0 Å². The first-order valence-electron chi connectivity index (χ1n) is 6.10. The molecule has 0 amide bonds. The highest BCUT2D eigenvalue weighted by Crippen LogP contribution is 2.57. The van der Waals surface area contributed by atoms with Crippen molar-refractivity contribution in [2.45, 2.75) is 45.3 Å². The van der Waals surface area contributed by atoms with Gasteiger partial charge in [0.25, 0.3) is 0 Å². The van der Waals surface area contributed by atoms with E-state index in [1.165, 1.54) is 5.56 Å². The van der Waals surface area contributed by atoms with Crippen LogP contribution in [0.2, 0.25) is 0 Å². The van der Waals surface area contributed by atoms with E-state index in [4.69, 9.17) is 9.05 Å². The molecule has 2 rings (SSSR count). The van der Waals surface area contributed by atoms with E-state index in [9.17, 15) is 0 Å². The third-order valence-corrected chi connectivity index (χ3v) is 5.44. The van der Waals surface area contributed by atoms with E-state index in [0.29, 0.717) is 0 Å². The van der Waals surface area contributed by atoms with Gasteiger partial charge in [0.1, 0.15) is 0 Å². The normalized spacial score (nSPS) is 22.8. The Bertz CT molecular complexity index is 357. The molecule has 3 heteroatoms. The molecule has 1 fully saturated rings. The van der Waals surface area contributed by atoms with Gasteiger partial charge in [-0.05, 0) is 39.7 Å². The van der Waals surface area contributed by atoms with E-state index in [1.807, 2.05) is 6.07 Å². The van der Waals surface area contributed by atoms with Crippen LogP contribution in [-0.2, 0) is 15.5 Å². The van der Waals surface area contributed by atoms with E-state index in [1.54, 1.807) is 0 Å². The summed E-state index contributed by atoms with van der Waals surface area (Å²) in [5, 5.41) is 0. The lowest BCUT2D eigenvalue weighted by atomic mass is 9.90. The van der Waals surface area contributed by atoms with Crippen LogP contribution in [0.25, 0.3) is 0 Å². The van der Waals surface area contributed by atoms with Crippen molar-refractivity contribution in [3.8, 4) is 0 Å². The predicted octanol–water partition coefficient (Wildman–Crippen LogP) is 4.15. The van der Waals surface area contributed by atoms with Gasteiger partial charge in [0.2, 0.25) is 0 Å². The largest absolute Gasteiger partial charge is 0.325 e. The summed E-state index contributed by atoms with van der Waals surface area (Å²) in [4.78, 5) is 0. The molecule has 0 spiro atoms. The first kappa shape index (κ1) is 13.0. The third-order valence-electron chi connectivity index (χ3n) is 3.54. The topological polar surface area (TPSA) is 18.5 Å². The Labute approximate surface area is 105 Å². The maximum absolute atomic E-state index is 6.03. The maximum Gasteiger partial charge on any atom is 0.172 e. The Kier molecular flexibility index (Phi) is 3.58. The summed E-state index contributed by atoms with van der Waals surface area (Å²) in [6.45, 7) is 8.44. The van der Waals surface area contributed by atoms with Crippen molar-refractivity contribution in [1.29, 1.82) is 0 Å². The van der Waals surface area contributed by atoms with Crippen LogP contribution in [0, 0.1) is 0 Å². The summed E-state index contributed by atoms with van der Waals surface area (Å²) in [7, 11) is -0.745. The summed E-state index contributed by atoms with van der Waals surface area (Å²) < 4.78 is 12.1. The van der Waals surface area contributed by atoms with Crippen molar-refractivity contribution < 1.29 is 9.05 Å². The molecule has 1 aliphatic rings. The molecule has 0 aliphatic carbocycles. The van der Waals surface area contributed by atoms with Crippen LogP contribution in [0.3, 0.4) is 0 Å². The lowest BCUT2D eigenvalue weighted by Crippen LogP contribution is -2.41. The Morgan fingerprint density at radius 2 is 1.47 bits per heavy atom. The molecule has 0 radical (unpaired) electrons. The molecule has 1 aromatic carbocycles. The average molecular weight is 252 g/mol. The van der Waals surface area contributed by atoms with Crippen LogP contribution in [0.5, 0.6) is 0 Å². The molecule has 1 aromatic rings. The third kappa shape index (κ3) is 2.88. The SMILES string of the molecule is CC1(C)OP(CCc2ccccc2)OC1(C)C. The van der Waals surface area contributed by atoms with Crippen molar-refractivity contribution in [2.24, 2.45) is 0 Å². The smallest absolute Gasteiger partial charge is 0.172 e. The fourth-order valence-corrected chi connectivity index (χ4v) is 3.82. The summed E-state index contributed by atoms with van der Waals surface area (Å²) in [5.74, 6) is 0. The molecule has 2 nitrogen and oxygen atoms in total. The zero-order valence-corrected chi connectivity index (χ0v) is 12.0. The number of aryl methyl sites for hydroxylation is 1. The minimum Gasteiger partial charge on any atom is -0.325 e. The van der Waals surface area contributed by atoms with E-state index in [2.05, 4.69) is 52.0 Å². The molecular weight excluding hydrogens is 231 g/mol. The van der Waals surface area contributed by atoms with Gasteiger partial charge in [-0.2, -0.15) is 0 Å². The van der Waals surface area contributed by atoms with E-state index >= 15 is 0 Å². The van der Waals surface area contributed by atoms with Gasteiger partial charge in [-0.1, -0.05) is 30.3 Å². The molecule has 0 N–H and O–H groups in total. The Hall–Kier alpha value is -0.430. The van der Waals surface area contributed by atoms with Gasteiger partial charge in [-0.3, -0.25) is 0 Å². The molecule has 1 heterocycles. The molecule has 0 bridgehead atoms. The minimum absolute atomic E-state index is 0.185. The number of benzene rings is 1. The fourth-order valence-electron chi connectivity index (χ4n) is 1.70. The molecule has 0 atom stereocenters. The number of rotatable bonds is 3. The number of hydrogen-bond acceptors (Lipinski definition) is 2. The highest BCUT2D eigenvalue weighted by molar-refractivity contribution is 7.47. The van der Waals surface area contributed by atoms with Crippen LogP contribution in [0.15, 0.2) is 30.3 Å². The molecule has 0 saturated carbocycles. The molecule has 0 unspecified atom stereocenters. The second-order valence-electron chi connectivity index (χ2n) is 5.50. The van der Waals surface area contributed by atoms with E-state index in [0.717, 1.165) is 12.6 Å². The monoisotopic (exact) mass is 252 g/mol.